The molecule has 3 aromatic rings. The van der Waals surface area contributed by atoms with Crippen molar-refractivity contribution in [3.63, 3.8) is 0 Å². The molecule has 2 heterocycles. The number of anilines is 1. The monoisotopic (exact) mass is 451 g/mol. The molecule has 1 atom stereocenters. The zero-order valence-electron chi connectivity index (χ0n) is 19.3. The molecule has 0 radical (unpaired) electrons. The number of urea groups is 1. The number of carbonyl (C=O) groups is 1. The molecular formula is C25H29N3O5. The molecule has 1 N–H and O–H groups in total. The molecule has 174 valence electrons. The number of amides is 2. The minimum Gasteiger partial charge on any atom is -0.494 e. The largest absolute Gasteiger partial charge is 0.494 e. The Labute approximate surface area is 193 Å². The minimum atomic E-state index is -0.329. The quantitative estimate of drug-likeness (QED) is 0.571. The number of aromatic nitrogens is 1. The maximum absolute atomic E-state index is 13.4. The number of fused-ring (bicyclic) bond motifs is 1. The summed E-state index contributed by atoms with van der Waals surface area (Å²) in [6.45, 7) is 3.78. The summed E-state index contributed by atoms with van der Waals surface area (Å²) in [5.74, 6) is 2.37. The van der Waals surface area contributed by atoms with Crippen molar-refractivity contribution in [1.82, 2.24) is 9.47 Å². The second-order valence-electron chi connectivity index (χ2n) is 7.57. The van der Waals surface area contributed by atoms with E-state index in [0.717, 1.165) is 17.0 Å². The first-order valence-electron chi connectivity index (χ1n) is 10.8. The van der Waals surface area contributed by atoms with Crippen LogP contribution in [0.5, 0.6) is 23.0 Å². The average molecular weight is 452 g/mol. The molecule has 2 amide bonds. The summed E-state index contributed by atoms with van der Waals surface area (Å²) in [7, 11) is 4.74. The predicted octanol–water partition coefficient (Wildman–Crippen LogP) is 4.55. The van der Waals surface area contributed by atoms with Gasteiger partial charge in [-0.3, -0.25) is 0 Å². The SMILES string of the molecule is CCOc1ccc(NC(=O)N2CCn3cccc3C2c2cc(OC)c(OC)c(OC)c2)cc1. The van der Waals surface area contributed by atoms with Crippen molar-refractivity contribution in [2.24, 2.45) is 0 Å². The summed E-state index contributed by atoms with van der Waals surface area (Å²) < 4.78 is 24.2. The molecule has 33 heavy (non-hydrogen) atoms. The van der Waals surface area contributed by atoms with E-state index in [1.165, 1.54) is 0 Å². The highest BCUT2D eigenvalue weighted by Crippen LogP contribution is 2.43. The van der Waals surface area contributed by atoms with Gasteiger partial charge in [0.2, 0.25) is 5.75 Å². The third-order valence-corrected chi connectivity index (χ3v) is 5.72. The third kappa shape index (κ3) is 4.41. The van der Waals surface area contributed by atoms with Gasteiger partial charge >= 0.3 is 6.03 Å². The molecule has 8 nitrogen and oxygen atoms in total. The fraction of sp³-hybridized carbons (Fsp3) is 0.320. The summed E-state index contributed by atoms with van der Waals surface area (Å²) in [5, 5.41) is 3.02. The second-order valence-corrected chi connectivity index (χ2v) is 7.57. The van der Waals surface area contributed by atoms with Crippen LogP contribution >= 0.6 is 0 Å². The maximum atomic E-state index is 13.4. The lowest BCUT2D eigenvalue weighted by molar-refractivity contribution is 0.181. The van der Waals surface area contributed by atoms with Crippen molar-refractivity contribution >= 4 is 11.7 Å². The highest BCUT2D eigenvalue weighted by atomic mass is 16.5. The maximum Gasteiger partial charge on any atom is 0.322 e. The van der Waals surface area contributed by atoms with E-state index in [4.69, 9.17) is 18.9 Å². The second kappa shape index (κ2) is 9.77. The standard InChI is InChI=1S/C25H29N3O5/c1-5-33-19-10-8-18(9-11-19)26-25(29)28-14-13-27-12-6-7-20(27)23(28)17-15-21(30-2)24(32-4)22(16-17)31-3/h6-12,15-16,23H,5,13-14H2,1-4H3,(H,26,29). The van der Waals surface area contributed by atoms with Crippen LogP contribution in [-0.4, -0.2) is 50.0 Å². The number of ether oxygens (including phenoxy) is 4. The number of benzene rings is 2. The van der Waals surface area contributed by atoms with Crippen LogP contribution < -0.4 is 24.3 Å². The average Bonchev–Trinajstić information content (AvgIpc) is 3.32. The van der Waals surface area contributed by atoms with Gasteiger partial charge in [0.25, 0.3) is 0 Å². The molecule has 1 unspecified atom stereocenters. The summed E-state index contributed by atoms with van der Waals surface area (Å²) in [6, 6.07) is 14.7. The Morgan fingerprint density at radius 2 is 1.70 bits per heavy atom. The first-order chi connectivity index (χ1) is 16.1. The lowest BCUT2D eigenvalue weighted by atomic mass is 9.99. The van der Waals surface area contributed by atoms with Gasteiger partial charge in [0.15, 0.2) is 11.5 Å². The van der Waals surface area contributed by atoms with E-state index in [1.54, 1.807) is 21.3 Å². The minimum absolute atomic E-state index is 0.189. The Morgan fingerprint density at radius 1 is 1.00 bits per heavy atom. The van der Waals surface area contributed by atoms with E-state index in [-0.39, 0.29) is 12.1 Å². The van der Waals surface area contributed by atoms with Gasteiger partial charge in [-0.15, -0.1) is 0 Å². The number of hydrogen-bond donors (Lipinski definition) is 1. The Hall–Kier alpha value is -3.81. The van der Waals surface area contributed by atoms with E-state index in [9.17, 15) is 4.79 Å². The van der Waals surface area contributed by atoms with Crippen LogP contribution in [-0.2, 0) is 6.54 Å². The first-order valence-corrected chi connectivity index (χ1v) is 10.8. The molecule has 1 aliphatic heterocycles. The van der Waals surface area contributed by atoms with Crippen LogP contribution in [0.15, 0.2) is 54.7 Å². The van der Waals surface area contributed by atoms with Crippen LogP contribution in [0.4, 0.5) is 10.5 Å². The molecule has 0 bridgehead atoms. The molecule has 1 aliphatic rings. The van der Waals surface area contributed by atoms with Gasteiger partial charge < -0.3 is 33.7 Å². The molecule has 4 rings (SSSR count). The van der Waals surface area contributed by atoms with E-state index in [0.29, 0.717) is 42.6 Å². The van der Waals surface area contributed by atoms with E-state index in [2.05, 4.69) is 9.88 Å². The van der Waals surface area contributed by atoms with Gasteiger partial charge in [-0.25, -0.2) is 4.79 Å². The molecule has 2 aromatic carbocycles. The zero-order chi connectivity index (χ0) is 23.4. The molecule has 0 fully saturated rings. The smallest absolute Gasteiger partial charge is 0.322 e. The molecule has 8 heteroatoms. The third-order valence-electron chi connectivity index (χ3n) is 5.72. The van der Waals surface area contributed by atoms with Crippen molar-refractivity contribution in [1.29, 1.82) is 0 Å². The summed E-state index contributed by atoms with van der Waals surface area (Å²) in [6.07, 6.45) is 2.03. The topological polar surface area (TPSA) is 74.2 Å². The van der Waals surface area contributed by atoms with E-state index in [1.807, 2.05) is 66.6 Å². The molecular weight excluding hydrogens is 422 g/mol. The lowest BCUT2D eigenvalue weighted by Gasteiger charge is -2.37. The zero-order valence-corrected chi connectivity index (χ0v) is 19.3. The first kappa shape index (κ1) is 22.4. The fourth-order valence-corrected chi connectivity index (χ4v) is 4.21. The van der Waals surface area contributed by atoms with Crippen molar-refractivity contribution < 1.29 is 23.7 Å². The summed E-state index contributed by atoms with van der Waals surface area (Å²) in [5.41, 5.74) is 2.58. The number of rotatable bonds is 7. The van der Waals surface area contributed by atoms with Crippen molar-refractivity contribution in [3.8, 4) is 23.0 Å². The highest BCUT2D eigenvalue weighted by Gasteiger charge is 2.33. The normalized spacial score (nSPS) is 14.9. The van der Waals surface area contributed by atoms with Crippen LogP contribution in [0.1, 0.15) is 24.2 Å². The van der Waals surface area contributed by atoms with Gasteiger partial charge in [0, 0.05) is 30.7 Å². The molecule has 1 aromatic heterocycles. The molecule has 0 saturated carbocycles. The number of methoxy groups -OCH3 is 3. The van der Waals surface area contributed by atoms with Crippen molar-refractivity contribution in [3.05, 3.63) is 66.0 Å². The fourth-order valence-electron chi connectivity index (χ4n) is 4.21. The number of nitrogens with zero attached hydrogens (tertiary/aromatic N) is 2. The van der Waals surface area contributed by atoms with Gasteiger partial charge in [0.05, 0.1) is 34.0 Å². The Kier molecular flexibility index (Phi) is 6.63. The van der Waals surface area contributed by atoms with E-state index < -0.39 is 0 Å². The molecule has 0 aliphatic carbocycles. The lowest BCUT2D eigenvalue weighted by Crippen LogP contribution is -2.44. The Balaban J connectivity index is 1.69. The van der Waals surface area contributed by atoms with Gasteiger partial charge in [-0.1, -0.05) is 0 Å². The van der Waals surface area contributed by atoms with Crippen molar-refractivity contribution in [2.45, 2.75) is 19.5 Å². The van der Waals surface area contributed by atoms with Gasteiger partial charge in [-0.2, -0.15) is 0 Å². The van der Waals surface area contributed by atoms with Crippen LogP contribution in [0, 0.1) is 0 Å². The van der Waals surface area contributed by atoms with Gasteiger partial charge in [0.1, 0.15) is 5.75 Å². The summed E-state index contributed by atoms with van der Waals surface area (Å²) in [4.78, 5) is 15.2. The van der Waals surface area contributed by atoms with Gasteiger partial charge in [-0.05, 0) is 61.0 Å². The summed E-state index contributed by atoms with van der Waals surface area (Å²) >= 11 is 0. The highest BCUT2D eigenvalue weighted by molar-refractivity contribution is 5.90. The number of carbonyl (C=O) groups excluding carboxylic acids is 1. The molecule has 0 spiro atoms. The van der Waals surface area contributed by atoms with Crippen molar-refractivity contribution in [2.75, 3.05) is 39.8 Å². The Bertz CT molecular complexity index is 1080. The van der Waals surface area contributed by atoms with Crippen LogP contribution in [0.3, 0.4) is 0 Å². The van der Waals surface area contributed by atoms with E-state index >= 15 is 0 Å². The van der Waals surface area contributed by atoms with Crippen LogP contribution in [0.25, 0.3) is 0 Å². The number of hydrogen-bond acceptors (Lipinski definition) is 5. The van der Waals surface area contributed by atoms with Crippen LogP contribution in [0.2, 0.25) is 0 Å². The Morgan fingerprint density at radius 3 is 2.30 bits per heavy atom. The molecule has 0 saturated heterocycles. The predicted molar refractivity (Wildman–Crippen MR) is 126 cm³/mol. The number of nitrogens with one attached hydrogen (secondary N) is 1.